The molecule has 4 rings (SSSR count). The molecule has 29 heavy (non-hydrogen) atoms. The number of fused-ring (bicyclic) bond motifs is 4. The van der Waals surface area contributed by atoms with Crippen LogP contribution in [-0.2, 0) is 6.18 Å². The first kappa shape index (κ1) is 19.4. The molecule has 2 heterocycles. The van der Waals surface area contributed by atoms with Crippen molar-refractivity contribution in [2.75, 3.05) is 4.90 Å². The zero-order chi connectivity index (χ0) is 21.1. The van der Waals surface area contributed by atoms with Crippen LogP contribution in [0.25, 0.3) is 0 Å². The summed E-state index contributed by atoms with van der Waals surface area (Å²) in [6.45, 7) is 3.62. The largest absolute Gasteiger partial charge is 0.467 e. The van der Waals surface area contributed by atoms with Gasteiger partial charge in [0.05, 0.1) is 16.5 Å². The average molecular weight is 423 g/mol. The summed E-state index contributed by atoms with van der Waals surface area (Å²) in [4.78, 5) is 12.2. The van der Waals surface area contributed by atoms with Gasteiger partial charge in [0, 0.05) is 29.3 Å². The monoisotopic (exact) mass is 423 g/mol. The highest BCUT2D eigenvalue weighted by Gasteiger charge is 2.54. The molecule has 0 saturated carbocycles. The molecule has 2 aromatic rings. The van der Waals surface area contributed by atoms with Crippen LogP contribution in [0.15, 0.2) is 42.5 Å². The Morgan fingerprint density at radius 3 is 2.66 bits per heavy atom. The molecule has 6 nitrogen and oxygen atoms in total. The summed E-state index contributed by atoms with van der Waals surface area (Å²) in [7, 11) is 0. The summed E-state index contributed by atoms with van der Waals surface area (Å²) >= 11 is 5.46. The van der Waals surface area contributed by atoms with Crippen molar-refractivity contribution in [3.63, 3.8) is 0 Å². The van der Waals surface area contributed by atoms with Gasteiger partial charge in [-0.05, 0) is 43.4 Å². The van der Waals surface area contributed by atoms with E-state index in [1.165, 1.54) is 35.2 Å². The predicted molar refractivity (Wildman–Crippen MR) is 104 cm³/mol. The molecule has 1 N–H and O–H groups in total. The maximum absolute atomic E-state index is 13.2. The molecule has 152 valence electrons. The third-order valence-corrected chi connectivity index (χ3v) is 5.86. The SMILES string of the molecule is C[C@@H]1[C@@H]2NC(=S)N(c3cccc(C(F)(F)F)c3)[C@@]1(C)Oc1ccc([N+](=O)[O-])cc12. The Hall–Kier alpha value is -2.88. The van der Waals surface area contributed by atoms with E-state index in [1.54, 1.807) is 6.92 Å². The minimum atomic E-state index is -4.49. The number of nitro benzene ring substituents is 1. The predicted octanol–water partition coefficient (Wildman–Crippen LogP) is 4.79. The van der Waals surface area contributed by atoms with Gasteiger partial charge in [0.2, 0.25) is 0 Å². The third-order valence-electron chi connectivity index (χ3n) is 5.56. The Labute approximate surface area is 169 Å². The summed E-state index contributed by atoms with van der Waals surface area (Å²) in [6.07, 6.45) is -4.49. The molecule has 0 spiro atoms. The highest BCUT2D eigenvalue weighted by atomic mass is 32.1. The fourth-order valence-corrected chi connectivity index (χ4v) is 4.34. The van der Waals surface area contributed by atoms with Gasteiger partial charge in [-0.15, -0.1) is 0 Å². The number of nitro groups is 1. The highest BCUT2D eigenvalue weighted by molar-refractivity contribution is 7.80. The van der Waals surface area contributed by atoms with Gasteiger partial charge in [0.1, 0.15) is 5.75 Å². The standard InChI is InChI=1S/C19H16F3N3O3S/c1-10-16-14-9-13(25(26)27)6-7-15(14)28-18(10,2)24(17(29)23-16)12-5-3-4-11(8-12)19(20,21)22/h3-10,16H,1-2H3,(H,23,29)/t10-,16+,18+/m1/s1. The molecule has 10 heteroatoms. The molecule has 1 saturated heterocycles. The molecule has 2 bridgehead atoms. The molecule has 0 radical (unpaired) electrons. The Balaban J connectivity index is 1.81. The lowest BCUT2D eigenvalue weighted by Crippen LogP contribution is -2.69. The summed E-state index contributed by atoms with van der Waals surface area (Å²) in [6, 6.07) is 8.78. The van der Waals surface area contributed by atoms with Gasteiger partial charge in [0.25, 0.3) is 5.69 Å². The quantitative estimate of drug-likeness (QED) is 0.425. The van der Waals surface area contributed by atoms with Crippen molar-refractivity contribution < 1.29 is 22.8 Å². The van der Waals surface area contributed by atoms with E-state index in [2.05, 4.69) is 5.32 Å². The average Bonchev–Trinajstić information content (AvgIpc) is 2.63. The number of rotatable bonds is 2. The van der Waals surface area contributed by atoms with E-state index in [-0.39, 0.29) is 28.4 Å². The van der Waals surface area contributed by atoms with Crippen LogP contribution in [-0.4, -0.2) is 15.8 Å². The van der Waals surface area contributed by atoms with Crippen LogP contribution in [0.4, 0.5) is 24.5 Å². The molecule has 0 aromatic heterocycles. The van der Waals surface area contributed by atoms with Gasteiger partial charge in [-0.2, -0.15) is 13.2 Å². The van der Waals surface area contributed by atoms with Crippen LogP contribution < -0.4 is 15.0 Å². The van der Waals surface area contributed by atoms with E-state index in [1.807, 2.05) is 6.92 Å². The summed E-state index contributed by atoms with van der Waals surface area (Å²) in [5, 5.41) is 14.4. The first-order valence-electron chi connectivity index (χ1n) is 8.78. The molecule has 2 aliphatic heterocycles. The summed E-state index contributed by atoms with van der Waals surface area (Å²) in [5.74, 6) is 0.145. The van der Waals surface area contributed by atoms with Crippen LogP contribution >= 0.6 is 12.2 Å². The van der Waals surface area contributed by atoms with E-state index < -0.39 is 22.4 Å². The van der Waals surface area contributed by atoms with Gasteiger partial charge in [-0.3, -0.25) is 15.0 Å². The van der Waals surface area contributed by atoms with E-state index in [4.69, 9.17) is 17.0 Å². The van der Waals surface area contributed by atoms with Crippen molar-refractivity contribution in [3.05, 3.63) is 63.7 Å². The molecular formula is C19H16F3N3O3S. The lowest BCUT2D eigenvalue weighted by molar-refractivity contribution is -0.385. The Kier molecular flexibility index (Phi) is 4.23. The van der Waals surface area contributed by atoms with Crippen LogP contribution in [0.3, 0.4) is 0 Å². The minimum absolute atomic E-state index is 0.0730. The van der Waals surface area contributed by atoms with Crippen molar-refractivity contribution >= 4 is 28.7 Å². The highest BCUT2D eigenvalue weighted by Crippen LogP contribution is 2.50. The van der Waals surface area contributed by atoms with Crippen LogP contribution in [0.1, 0.15) is 31.0 Å². The van der Waals surface area contributed by atoms with Crippen molar-refractivity contribution in [1.29, 1.82) is 0 Å². The molecule has 0 amide bonds. The zero-order valence-electron chi connectivity index (χ0n) is 15.4. The molecule has 3 atom stereocenters. The Morgan fingerprint density at radius 2 is 2.00 bits per heavy atom. The number of alkyl halides is 3. The van der Waals surface area contributed by atoms with E-state index in [0.717, 1.165) is 12.1 Å². The number of ether oxygens (including phenoxy) is 1. The lowest BCUT2D eigenvalue weighted by atomic mass is 9.80. The topological polar surface area (TPSA) is 67.6 Å². The van der Waals surface area contributed by atoms with Crippen molar-refractivity contribution in [2.24, 2.45) is 5.92 Å². The maximum Gasteiger partial charge on any atom is 0.416 e. The van der Waals surface area contributed by atoms with E-state index in [9.17, 15) is 23.3 Å². The molecule has 0 aliphatic carbocycles. The first-order chi connectivity index (χ1) is 13.5. The maximum atomic E-state index is 13.2. The number of halogens is 3. The van der Waals surface area contributed by atoms with Gasteiger partial charge in [-0.25, -0.2) is 0 Å². The molecule has 1 fully saturated rings. The molecular weight excluding hydrogens is 407 g/mol. The van der Waals surface area contributed by atoms with Crippen LogP contribution in [0, 0.1) is 16.0 Å². The minimum Gasteiger partial charge on any atom is -0.467 e. The van der Waals surface area contributed by atoms with Gasteiger partial charge < -0.3 is 10.1 Å². The zero-order valence-corrected chi connectivity index (χ0v) is 16.2. The number of non-ortho nitro benzene ring substituents is 1. The van der Waals surface area contributed by atoms with Gasteiger partial charge in [-0.1, -0.05) is 13.0 Å². The third kappa shape index (κ3) is 2.98. The van der Waals surface area contributed by atoms with Gasteiger partial charge >= 0.3 is 6.18 Å². The van der Waals surface area contributed by atoms with Crippen molar-refractivity contribution in [1.82, 2.24) is 5.32 Å². The second-order valence-corrected chi connectivity index (χ2v) is 7.62. The second-order valence-electron chi connectivity index (χ2n) is 7.24. The normalized spacial score (nSPS) is 25.7. The summed E-state index contributed by atoms with van der Waals surface area (Å²) < 4.78 is 45.8. The fraction of sp³-hybridized carbons (Fsp3) is 0.316. The molecule has 2 aromatic carbocycles. The Bertz CT molecular complexity index is 1030. The number of hydrogen-bond acceptors (Lipinski definition) is 4. The van der Waals surface area contributed by atoms with Gasteiger partial charge in [0.15, 0.2) is 10.8 Å². The van der Waals surface area contributed by atoms with E-state index >= 15 is 0 Å². The van der Waals surface area contributed by atoms with E-state index in [0.29, 0.717) is 11.3 Å². The van der Waals surface area contributed by atoms with Crippen molar-refractivity contribution in [3.8, 4) is 5.75 Å². The number of thiocarbonyl (C=S) groups is 1. The molecule has 0 unspecified atom stereocenters. The number of anilines is 1. The number of nitrogens with zero attached hydrogens (tertiary/aromatic N) is 2. The summed E-state index contributed by atoms with van der Waals surface area (Å²) in [5.41, 5.74) is -1.11. The van der Waals surface area contributed by atoms with Crippen LogP contribution in [0.5, 0.6) is 5.75 Å². The number of hydrogen-bond donors (Lipinski definition) is 1. The fourth-order valence-electron chi connectivity index (χ4n) is 3.93. The Morgan fingerprint density at radius 1 is 1.28 bits per heavy atom. The second kappa shape index (κ2) is 6.31. The number of benzene rings is 2. The molecule has 2 aliphatic rings. The first-order valence-corrected chi connectivity index (χ1v) is 9.18. The number of nitrogens with one attached hydrogen (secondary N) is 1. The van der Waals surface area contributed by atoms with Crippen molar-refractivity contribution in [2.45, 2.75) is 31.8 Å². The smallest absolute Gasteiger partial charge is 0.416 e. The van der Waals surface area contributed by atoms with Crippen LogP contribution in [0.2, 0.25) is 0 Å². The lowest BCUT2D eigenvalue weighted by Gasteiger charge is -2.56.